The van der Waals surface area contributed by atoms with Gasteiger partial charge >= 0.3 is 0 Å². The number of nitrogens with one attached hydrogen (secondary N) is 1. The minimum atomic E-state index is 0.113. The van der Waals surface area contributed by atoms with Crippen LogP contribution in [-0.2, 0) is 6.42 Å². The van der Waals surface area contributed by atoms with Gasteiger partial charge in [0.2, 0.25) is 0 Å². The van der Waals surface area contributed by atoms with E-state index in [2.05, 4.69) is 15.3 Å². The summed E-state index contributed by atoms with van der Waals surface area (Å²) in [6, 6.07) is 19.8. The van der Waals surface area contributed by atoms with Crippen molar-refractivity contribution in [3.8, 4) is 11.3 Å². The number of oxazole rings is 1. The van der Waals surface area contributed by atoms with Crippen molar-refractivity contribution in [2.45, 2.75) is 19.8 Å². The molecule has 0 atom stereocenters. The van der Waals surface area contributed by atoms with Crippen molar-refractivity contribution in [3.05, 3.63) is 95.9 Å². The lowest BCUT2D eigenvalue weighted by molar-refractivity contribution is 0.0983. The van der Waals surface area contributed by atoms with Crippen LogP contribution in [0.1, 0.15) is 27.9 Å². The summed E-state index contributed by atoms with van der Waals surface area (Å²) in [5.74, 6) is 0.768. The summed E-state index contributed by atoms with van der Waals surface area (Å²) < 4.78 is 5.80. The molecule has 5 nitrogen and oxygen atoms in total. The maximum atomic E-state index is 12.7. The number of pyridine rings is 1. The van der Waals surface area contributed by atoms with Crippen LogP contribution in [0.2, 0.25) is 0 Å². The van der Waals surface area contributed by atoms with Crippen LogP contribution < -0.4 is 5.32 Å². The number of rotatable bonds is 7. The lowest BCUT2D eigenvalue weighted by atomic mass is 10.0. The Balaban J connectivity index is 1.47. The van der Waals surface area contributed by atoms with Gasteiger partial charge in [-0.25, -0.2) is 4.98 Å². The van der Waals surface area contributed by atoms with Gasteiger partial charge in [0.1, 0.15) is 0 Å². The van der Waals surface area contributed by atoms with E-state index in [1.165, 1.54) is 0 Å². The summed E-state index contributed by atoms with van der Waals surface area (Å²) in [5.41, 5.74) is 4.55. The molecule has 0 radical (unpaired) electrons. The molecule has 29 heavy (non-hydrogen) atoms. The largest absolute Gasteiger partial charge is 0.423 e. The molecule has 0 fully saturated rings. The van der Waals surface area contributed by atoms with Crippen LogP contribution in [0.3, 0.4) is 0 Å². The number of hydrogen-bond donors (Lipinski definition) is 1. The van der Waals surface area contributed by atoms with Gasteiger partial charge in [-0.15, -0.1) is 0 Å². The van der Waals surface area contributed by atoms with E-state index in [1.807, 2.05) is 67.6 Å². The van der Waals surface area contributed by atoms with Crippen LogP contribution in [-0.4, -0.2) is 15.8 Å². The molecular weight excluding hydrogens is 362 g/mol. The summed E-state index contributed by atoms with van der Waals surface area (Å²) in [6.45, 7) is 1.98. The average molecular weight is 383 g/mol. The molecule has 2 heterocycles. The molecule has 1 N–H and O–H groups in total. The van der Waals surface area contributed by atoms with Gasteiger partial charge < -0.3 is 9.73 Å². The Bertz CT molecular complexity index is 1110. The van der Waals surface area contributed by atoms with Crippen LogP contribution in [0.4, 0.5) is 11.7 Å². The van der Waals surface area contributed by atoms with E-state index in [0.717, 1.165) is 28.8 Å². The molecule has 0 unspecified atom stereocenters. The zero-order valence-corrected chi connectivity index (χ0v) is 16.1. The molecule has 0 saturated heterocycles. The summed E-state index contributed by atoms with van der Waals surface area (Å²) in [6.07, 6.45) is 6.28. The minimum Gasteiger partial charge on any atom is -0.423 e. The van der Waals surface area contributed by atoms with E-state index in [-0.39, 0.29) is 5.78 Å². The first-order valence-electron chi connectivity index (χ1n) is 9.50. The van der Waals surface area contributed by atoms with Crippen LogP contribution in [0.25, 0.3) is 11.3 Å². The molecule has 0 saturated carbocycles. The first-order valence-corrected chi connectivity index (χ1v) is 9.50. The van der Waals surface area contributed by atoms with E-state index in [9.17, 15) is 4.79 Å². The van der Waals surface area contributed by atoms with Crippen LogP contribution in [0.15, 0.2) is 83.7 Å². The van der Waals surface area contributed by atoms with E-state index in [1.54, 1.807) is 18.6 Å². The number of benzene rings is 2. The van der Waals surface area contributed by atoms with E-state index in [4.69, 9.17) is 4.42 Å². The second-order valence-electron chi connectivity index (χ2n) is 6.83. The van der Waals surface area contributed by atoms with Gasteiger partial charge in [-0.3, -0.25) is 9.78 Å². The standard InChI is InChI=1S/C24H21N3O2/c1-17-7-9-20(22(28)10-8-18-5-3-2-4-6-18)15-21(17)27-24-26-16-23(29-24)19-11-13-25-14-12-19/h2-7,9,11-16H,8,10H2,1H3,(H,26,27). The summed E-state index contributed by atoms with van der Waals surface area (Å²) in [4.78, 5) is 21.0. The Morgan fingerprint density at radius 2 is 1.83 bits per heavy atom. The number of hydrogen-bond acceptors (Lipinski definition) is 5. The van der Waals surface area contributed by atoms with E-state index < -0.39 is 0 Å². The van der Waals surface area contributed by atoms with Gasteiger partial charge in [-0.05, 0) is 42.7 Å². The predicted octanol–water partition coefficient (Wildman–Crippen LogP) is 5.60. The highest BCUT2D eigenvalue weighted by Crippen LogP contribution is 2.26. The third kappa shape index (κ3) is 4.58. The zero-order chi connectivity index (χ0) is 20.1. The summed E-state index contributed by atoms with van der Waals surface area (Å²) >= 11 is 0. The van der Waals surface area contributed by atoms with Gasteiger partial charge in [0, 0.05) is 35.6 Å². The first-order chi connectivity index (χ1) is 14.2. The molecule has 0 aliphatic heterocycles. The van der Waals surface area contributed by atoms with E-state index >= 15 is 0 Å². The number of ketones is 1. The van der Waals surface area contributed by atoms with Crippen LogP contribution in [0.5, 0.6) is 0 Å². The smallest absolute Gasteiger partial charge is 0.299 e. The fourth-order valence-corrected chi connectivity index (χ4v) is 3.07. The molecular formula is C24H21N3O2. The summed E-state index contributed by atoms with van der Waals surface area (Å²) in [5, 5.41) is 3.19. The molecule has 4 aromatic rings. The fraction of sp³-hybridized carbons (Fsp3) is 0.125. The Hall–Kier alpha value is -3.73. The fourth-order valence-electron chi connectivity index (χ4n) is 3.07. The van der Waals surface area contributed by atoms with Gasteiger partial charge in [0.15, 0.2) is 11.5 Å². The van der Waals surface area contributed by atoms with Gasteiger partial charge in [0.05, 0.1) is 6.20 Å². The van der Waals surface area contributed by atoms with E-state index in [0.29, 0.717) is 23.8 Å². The van der Waals surface area contributed by atoms with Crippen LogP contribution >= 0.6 is 0 Å². The second kappa shape index (κ2) is 8.52. The van der Waals surface area contributed by atoms with Crippen molar-refractivity contribution in [2.75, 3.05) is 5.32 Å². The van der Waals surface area contributed by atoms with Crippen molar-refractivity contribution in [3.63, 3.8) is 0 Å². The third-order valence-electron chi connectivity index (χ3n) is 4.76. The summed E-state index contributed by atoms with van der Waals surface area (Å²) in [7, 11) is 0. The topological polar surface area (TPSA) is 68.0 Å². The lowest BCUT2D eigenvalue weighted by Crippen LogP contribution is -2.03. The van der Waals surface area contributed by atoms with Crippen molar-refractivity contribution in [2.24, 2.45) is 0 Å². The number of aryl methyl sites for hydroxylation is 2. The quantitative estimate of drug-likeness (QED) is 0.421. The Labute approximate surface area is 169 Å². The maximum absolute atomic E-state index is 12.7. The molecule has 0 spiro atoms. The third-order valence-corrected chi connectivity index (χ3v) is 4.76. The molecule has 2 aromatic heterocycles. The van der Waals surface area contributed by atoms with Crippen LogP contribution in [0, 0.1) is 6.92 Å². The average Bonchev–Trinajstić information content (AvgIpc) is 3.23. The number of carbonyl (C=O) groups excluding carboxylic acids is 1. The molecule has 0 aliphatic carbocycles. The minimum absolute atomic E-state index is 0.113. The molecule has 2 aromatic carbocycles. The number of Topliss-reactive ketones (excluding diaryl/α,β-unsaturated/α-hetero) is 1. The first kappa shape index (κ1) is 18.6. The molecule has 0 aliphatic rings. The maximum Gasteiger partial charge on any atom is 0.299 e. The Kier molecular flexibility index (Phi) is 5.47. The molecule has 0 amide bonds. The monoisotopic (exact) mass is 383 g/mol. The van der Waals surface area contributed by atoms with Gasteiger partial charge in [-0.2, -0.15) is 0 Å². The Morgan fingerprint density at radius 1 is 1.03 bits per heavy atom. The zero-order valence-electron chi connectivity index (χ0n) is 16.1. The number of carbonyl (C=O) groups is 1. The normalized spacial score (nSPS) is 10.7. The molecule has 0 bridgehead atoms. The van der Waals surface area contributed by atoms with Gasteiger partial charge in [-0.1, -0.05) is 42.5 Å². The van der Waals surface area contributed by atoms with Crippen molar-refractivity contribution in [1.82, 2.24) is 9.97 Å². The highest BCUT2D eigenvalue weighted by molar-refractivity contribution is 5.97. The molecule has 144 valence electrons. The predicted molar refractivity (Wildman–Crippen MR) is 113 cm³/mol. The number of anilines is 2. The lowest BCUT2D eigenvalue weighted by Gasteiger charge is -2.09. The Morgan fingerprint density at radius 3 is 2.62 bits per heavy atom. The van der Waals surface area contributed by atoms with Crippen molar-refractivity contribution >= 4 is 17.5 Å². The number of aromatic nitrogens is 2. The molecule has 5 heteroatoms. The second-order valence-corrected chi connectivity index (χ2v) is 6.83. The highest BCUT2D eigenvalue weighted by atomic mass is 16.4. The molecule has 4 rings (SSSR count). The van der Waals surface area contributed by atoms with Crippen molar-refractivity contribution in [1.29, 1.82) is 0 Å². The highest BCUT2D eigenvalue weighted by Gasteiger charge is 2.11. The van der Waals surface area contributed by atoms with Crippen molar-refractivity contribution < 1.29 is 9.21 Å². The van der Waals surface area contributed by atoms with Gasteiger partial charge in [0.25, 0.3) is 6.01 Å². The number of nitrogens with zero attached hydrogens (tertiary/aromatic N) is 2. The SMILES string of the molecule is Cc1ccc(C(=O)CCc2ccccc2)cc1Nc1ncc(-c2ccncc2)o1.